The van der Waals surface area contributed by atoms with Crippen molar-refractivity contribution < 1.29 is 14.3 Å². The number of rotatable bonds is 6. The van der Waals surface area contributed by atoms with E-state index in [9.17, 15) is 4.79 Å². The highest BCUT2D eigenvalue weighted by Gasteiger charge is 2.16. The number of benzene rings is 3. The number of thiazole rings is 1. The van der Waals surface area contributed by atoms with Crippen LogP contribution in [0.3, 0.4) is 0 Å². The number of hydrogen-bond acceptors (Lipinski definition) is 6. The Morgan fingerprint density at radius 1 is 1.00 bits per heavy atom. The maximum Gasteiger partial charge on any atom is 0.246 e. The second-order valence-corrected chi connectivity index (χ2v) is 8.78. The molecule has 4 aromatic rings. The molecule has 0 unspecified atom stereocenters. The van der Waals surface area contributed by atoms with Gasteiger partial charge in [0.1, 0.15) is 19.3 Å². The van der Waals surface area contributed by atoms with Crippen LogP contribution in [0.25, 0.3) is 10.2 Å². The molecule has 1 aliphatic heterocycles. The van der Waals surface area contributed by atoms with E-state index >= 15 is 0 Å². The van der Waals surface area contributed by atoms with Gasteiger partial charge in [-0.15, -0.1) is 11.3 Å². The molecule has 6 nitrogen and oxygen atoms in total. The molecule has 0 saturated carbocycles. The predicted octanol–water partition coefficient (Wildman–Crippen LogP) is 5.10. The van der Waals surface area contributed by atoms with Gasteiger partial charge in [-0.2, -0.15) is 0 Å². The van der Waals surface area contributed by atoms with Crippen molar-refractivity contribution in [3.8, 4) is 11.5 Å². The van der Waals surface area contributed by atoms with Crippen LogP contribution >= 0.6 is 11.3 Å². The molecule has 3 aromatic carbocycles. The number of nitrogens with one attached hydrogen (secondary N) is 2. The molecule has 0 bridgehead atoms. The molecular formula is C25H23N3O3S. The fourth-order valence-electron chi connectivity index (χ4n) is 3.58. The van der Waals surface area contributed by atoms with Gasteiger partial charge in [-0.25, -0.2) is 4.98 Å². The van der Waals surface area contributed by atoms with E-state index in [1.54, 1.807) is 17.4 Å². The summed E-state index contributed by atoms with van der Waals surface area (Å²) >= 11 is 1.72. The van der Waals surface area contributed by atoms with Crippen molar-refractivity contribution in [1.82, 2.24) is 4.98 Å². The average Bonchev–Trinajstić information content (AvgIpc) is 3.22. The number of aromatic nitrogens is 1. The van der Waals surface area contributed by atoms with Crippen molar-refractivity contribution in [2.24, 2.45) is 0 Å². The van der Waals surface area contributed by atoms with Crippen LogP contribution in [0.4, 0.5) is 11.4 Å². The van der Waals surface area contributed by atoms with Crippen molar-refractivity contribution >= 4 is 38.8 Å². The minimum atomic E-state index is -0.404. The first-order chi connectivity index (χ1) is 15.6. The smallest absolute Gasteiger partial charge is 0.246 e. The van der Waals surface area contributed by atoms with Crippen molar-refractivity contribution in [1.29, 1.82) is 0 Å². The van der Waals surface area contributed by atoms with E-state index < -0.39 is 6.04 Å². The second-order valence-electron chi connectivity index (χ2n) is 7.66. The van der Waals surface area contributed by atoms with Crippen LogP contribution in [0.15, 0.2) is 66.7 Å². The third-order valence-electron chi connectivity index (χ3n) is 5.23. The third kappa shape index (κ3) is 4.53. The lowest BCUT2D eigenvalue weighted by atomic mass is 10.1. The molecule has 1 amide bonds. The summed E-state index contributed by atoms with van der Waals surface area (Å²) in [6.07, 6.45) is 0.791. The number of anilines is 2. The van der Waals surface area contributed by atoms with E-state index in [0.717, 1.165) is 22.6 Å². The maximum absolute atomic E-state index is 12.6. The molecule has 0 radical (unpaired) electrons. The average molecular weight is 446 g/mol. The molecule has 162 valence electrons. The molecule has 32 heavy (non-hydrogen) atoms. The third-order valence-corrected chi connectivity index (χ3v) is 6.27. The number of amides is 1. The Morgan fingerprint density at radius 2 is 1.75 bits per heavy atom. The van der Waals surface area contributed by atoms with Crippen molar-refractivity contribution in [3.63, 3.8) is 0 Å². The quantitative estimate of drug-likeness (QED) is 0.432. The molecule has 1 aromatic heterocycles. The largest absolute Gasteiger partial charge is 0.486 e. The Bertz CT molecular complexity index is 1220. The lowest BCUT2D eigenvalue weighted by Gasteiger charge is -2.20. The van der Waals surface area contributed by atoms with Gasteiger partial charge in [-0.1, -0.05) is 24.3 Å². The molecule has 0 saturated heterocycles. The SMILES string of the molecule is C[C@H](Nc1ccc(Cc2nc3ccccc3s2)cc1)C(=O)Nc1ccc2c(c1)OCCO2. The first-order valence-electron chi connectivity index (χ1n) is 10.5. The summed E-state index contributed by atoms with van der Waals surface area (Å²) < 4.78 is 12.3. The normalized spacial score (nSPS) is 13.5. The van der Waals surface area contributed by atoms with E-state index in [1.807, 2.05) is 49.4 Å². The lowest BCUT2D eigenvalue weighted by molar-refractivity contribution is -0.116. The van der Waals surface area contributed by atoms with E-state index in [0.29, 0.717) is 30.4 Å². The van der Waals surface area contributed by atoms with Crippen LogP contribution in [0.5, 0.6) is 11.5 Å². The van der Waals surface area contributed by atoms with Crippen LogP contribution in [0, 0.1) is 0 Å². The van der Waals surface area contributed by atoms with Gasteiger partial charge in [0, 0.05) is 23.9 Å². The zero-order valence-corrected chi connectivity index (χ0v) is 18.4. The van der Waals surface area contributed by atoms with Gasteiger partial charge in [0.15, 0.2) is 11.5 Å². The molecule has 7 heteroatoms. The number of carbonyl (C=O) groups is 1. The zero-order chi connectivity index (χ0) is 21.9. The fourth-order valence-corrected chi connectivity index (χ4v) is 4.58. The molecule has 1 aliphatic rings. The Morgan fingerprint density at radius 3 is 2.56 bits per heavy atom. The van der Waals surface area contributed by atoms with Crippen molar-refractivity contribution in [3.05, 3.63) is 77.3 Å². The van der Waals surface area contributed by atoms with Gasteiger partial charge in [-0.3, -0.25) is 4.79 Å². The topological polar surface area (TPSA) is 72.5 Å². The minimum absolute atomic E-state index is 0.125. The Balaban J connectivity index is 1.18. The Kier molecular flexibility index (Phi) is 5.64. The highest BCUT2D eigenvalue weighted by atomic mass is 32.1. The molecule has 0 fully saturated rings. The van der Waals surface area contributed by atoms with Crippen molar-refractivity contribution in [2.75, 3.05) is 23.8 Å². The highest BCUT2D eigenvalue weighted by Crippen LogP contribution is 2.32. The highest BCUT2D eigenvalue weighted by molar-refractivity contribution is 7.18. The molecular weight excluding hydrogens is 422 g/mol. The first kappa shape index (κ1) is 20.3. The van der Waals surface area contributed by atoms with Gasteiger partial charge >= 0.3 is 0 Å². The standard InChI is InChI=1S/C25H23N3O3S/c1-16(25(29)27-19-10-11-21-22(15-19)31-13-12-30-21)26-18-8-6-17(7-9-18)14-24-28-20-4-2-3-5-23(20)32-24/h2-11,15-16,26H,12-14H2,1H3,(H,27,29)/t16-/m0/s1. The number of hydrogen-bond donors (Lipinski definition) is 2. The molecule has 2 heterocycles. The number of nitrogens with zero attached hydrogens (tertiary/aromatic N) is 1. The van der Waals surface area contributed by atoms with Crippen molar-refractivity contribution in [2.45, 2.75) is 19.4 Å². The van der Waals surface area contributed by atoms with Gasteiger partial charge in [0.25, 0.3) is 0 Å². The summed E-state index contributed by atoms with van der Waals surface area (Å²) in [6.45, 7) is 2.89. The molecule has 0 spiro atoms. The summed E-state index contributed by atoms with van der Waals surface area (Å²) in [5.41, 5.74) is 3.80. The number of ether oxygens (including phenoxy) is 2. The van der Waals surface area contributed by atoms with E-state index in [4.69, 9.17) is 14.5 Å². The summed E-state index contributed by atoms with van der Waals surface area (Å²) in [7, 11) is 0. The van der Waals surface area contributed by atoms with Crippen LogP contribution in [-0.4, -0.2) is 30.1 Å². The summed E-state index contributed by atoms with van der Waals surface area (Å²) in [5.74, 6) is 1.23. The molecule has 0 aliphatic carbocycles. The maximum atomic E-state index is 12.6. The van der Waals surface area contributed by atoms with E-state index in [-0.39, 0.29) is 5.91 Å². The Labute approximate surface area is 190 Å². The molecule has 1 atom stereocenters. The van der Waals surface area contributed by atoms with E-state index in [2.05, 4.69) is 28.8 Å². The number of fused-ring (bicyclic) bond motifs is 2. The molecule has 5 rings (SSSR count). The van der Waals surface area contributed by atoms with Gasteiger partial charge in [0.05, 0.1) is 15.2 Å². The first-order valence-corrected chi connectivity index (χ1v) is 11.4. The van der Waals surface area contributed by atoms with Crippen LogP contribution in [0.2, 0.25) is 0 Å². The van der Waals surface area contributed by atoms with Gasteiger partial charge in [0.2, 0.25) is 5.91 Å². The summed E-state index contributed by atoms with van der Waals surface area (Å²) in [6, 6.07) is 21.3. The number of para-hydroxylation sites is 1. The Hall–Kier alpha value is -3.58. The number of carbonyl (C=O) groups excluding carboxylic acids is 1. The zero-order valence-electron chi connectivity index (χ0n) is 17.6. The molecule has 2 N–H and O–H groups in total. The van der Waals surface area contributed by atoms with Gasteiger partial charge in [-0.05, 0) is 48.9 Å². The fraction of sp³-hybridized carbons (Fsp3) is 0.200. The lowest BCUT2D eigenvalue weighted by Crippen LogP contribution is -2.31. The second kappa shape index (κ2) is 8.88. The summed E-state index contributed by atoms with van der Waals surface area (Å²) in [4.78, 5) is 17.3. The monoisotopic (exact) mass is 445 g/mol. The van der Waals surface area contributed by atoms with Gasteiger partial charge < -0.3 is 20.1 Å². The van der Waals surface area contributed by atoms with Crippen LogP contribution in [-0.2, 0) is 11.2 Å². The van der Waals surface area contributed by atoms with E-state index in [1.165, 1.54) is 10.3 Å². The summed E-state index contributed by atoms with van der Waals surface area (Å²) in [5, 5.41) is 7.28. The van der Waals surface area contributed by atoms with Crippen LogP contribution < -0.4 is 20.1 Å². The predicted molar refractivity (Wildman–Crippen MR) is 128 cm³/mol. The van der Waals surface area contributed by atoms with Crippen LogP contribution in [0.1, 0.15) is 17.5 Å². The minimum Gasteiger partial charge on any atom is -0.486 e.